The molecule has 0 heterocycles. The van der Waals surface area contributed by atoms with E-state index in [9.17, 15) is 4.79 Å². The topological polar surface area (TPSA) is 55.6 Å². The Kier molecular flexibility index (Phi) is 9.88. The maximum absolute atomic E-state index is 12.4. The molecule has 0 aliphatic carbocycles. The zero-order valence-corrected chi connectivity index (χ0v) is 13.3. The summed E-state index contributed by atoms with van der Waals surface area (Å²) >= 11 is 0. The molecule has 4 heteroatoms. The molecule has 0 radical (unpaired) electrons. The van der Waals surface area contributed by atoms with E-state index in [2.05, 4.69) is 27.7 Å². The summed E-state index contributed by atoms with van der Waals surface area (Å²) in [5.74, 6) is 1.56. The van der Waals surface area contributed by atoms with E-state index in [1.807, 2.05) is 4.90 Å². The molecule has 0 aliphatic rings. The molecule has 114 valence electrons. The quantitative estimate of drug-likeness (QED) is 0.663. The predicted molar refractivity (Wildman–Crippen MR) is 79.9 cm³/mol. The van der Waals surface area contributed by atoms with Crippen LogP contribution in [0.3, 0.4) is 0 Å². The standard InChI is InChI=1S/C15H32N2O2/c1-12(2)8-14(10-16)9-15(18)17(6-7-19-5)11-13(3)4/h12-14H,6-11,16H2,1-5H3/t14-/m0/s1. The molecule has 0 unspecified atom stereocenters. The number of carbonyl (C=O) groups excluding carboxylic acids is 1. The number of rotatable bonds is 10. The number of hydrogen-bond acceptors (Lipinski definition) is 3. The molecule has 4 nitrogen and oxygen atoms in total. The molecule has 0 rings (SSSR count). The second kappa shape index (κ2) is 10.2. The van der Waals surface area contributed by atoms with Gasteiger partial charge in [0.1, 0.15) is 0 Å². The van der Waals surface area contributed by atoms with Gasteiger partial charge in [0.2, 0.25) is 5.91 Å². The zero-order valence-electron chi connectivity index (χ0n) is 13.3. The van der Waals surface area contributed by atoms with E-state index in [1.54, 1.807) is 7.11 Å². The molecule has 0 bridgehead atoms. The van der Waals surface area contributed by atoms with E-state index in [4.69, 9.17) is 10.5 Å². The number of hydrogen-bond donors (Lipinski definition) is 1. The normalized spacial score (nSPS) is 13.1. The Hall–Kier alpha value is -0.610. The molecule has 0 aliphatic heterocycles. The van der Waals surface area contributed by atoms with E-state index in [0.717, 1.165) is 13.0 Å². The summed E-state index contributed by atoms with van der Waals surface area (Å²) < 4.78 is 5.08. The first kappa shape index (κ1) is 18.4. The molecule has 0 aromatic carbocycles. The van der Waals surface area contributed by atoms with Gasteiger partial charge in [0, 0.05) is 26.6 Å². The van der Waals surface area contributed by atoms with Gasteiger partial charge in [-0.15, -0.1) is 0 Å². The van der Waals surface area contributed by atoms with E-state index in [1.165, 1.54) is 0 Å². The molecule has 0 spiro atoms. The van der Waals surface area contributed by atoms with E-state index in [-0.39, 0.29) is 5.91 Å². The highest BCUT2D eigenvalue weighted by Gasteiger charge is 2.19. The lowest BCUT2D eigenvalue weighted by atomic mass is 9.93. The van der Waals surface area contributed by atoms with Crippen molar-refractivity contribution in [1.29, 1.82) is 0 Å². The van der Waals surface area contributed by atoms with Gasteiger partial charge in [0.15, 0.2) is 0 Å². The molecule has 0 saturated heterocycles. The lowest BCUT2D eigenvalue weighted by Gasteiger charge is -2.26. The largest absolute Gasteiger partial charge is 0.383 e. The minimum Gasteiger partial charge on any atom is -0.383 e. The SMILES string of the molecule is COCCN(CC(C)C)C(=O)C[C@@H](CN)CC(C)C. The molecule has 0 aromatic heterocycles. The van der Waals surface area contributed by atoms with Crippen LogP contribution in [0.5, 0.6) is 0 Å². The average Bonchev–Trinajstić information content (AvgIpc) is 2.32. The fourth-order valence-corrected chi connectivity index (χ4v) is 2.27. The van der Waals surface area contributed by atoms with Crippen molar-refractivity contribution in [2.45, 2.75) is 40.5 Å². The molecule has 0 saturated carbocycles. The Balaban J connectivity index is 4.42. The van der Waals surface area contributed by atoms with Crippen molar-refractivity contribution in [2.75, 3.05) is 33.4 Å². The monoisotopic (exact) mass is 272 g/mol. The second-order valence-corrected chi connectivity index (χ2v) is 6.16. The number of carbonyl (C=O) groups is 1. The van der Waals surface area contributed by atoms with Gasteiger partial charge in [0.25, 0.3) is 0 Å². The summed E-state index contributed by atoms with van der Waals surface area (Å²) in [6.45, 7) is 11.2. The van der Waals surface area contributed by atoms with Crippen molar-refractivity contribution in [3.05, 3.63) is 0 Å². The molecule has 0 fully saturated rings. The van der Waals surface area contributed by atoms with E-state index in [0.29, 0.717) is 43.9 Å². The van der Waals surface area contributed by atoms with Gasteiger partial charge in [0.05, 0.1) is 6.61 Å². The van der Waals surface area contributed by atoms with Gasteiger partial charge < -0.3 is 15.4 Å². The fraction of sp³-hybridized carbons (Fsp3) is 0.933. The van der Waals surface area contributed by atoms with Gasteiger partial charge in [-0.25, -0.2) is 0 Å². The molecule has 2 N–H and O–H groups in total. The van der Waals surface area contributed by atoms with Gasteiger partial charge in [-0.3, -0.25) is 4.79 Å². The maximum atomic E-state index is 12.4. The molecular weight excluding hydrogens is 240 g/mol. The Morgan fingerprint density at radius 1 is 1.21 bits per heavy atom. The molecule has 0 aromatic rings. The van der Waals surface area contributed by atoms with Crippen LogP contribution in [-0.2, 0) is 9.53 Å². The number of nitrogens with two attached hydrogens (primary N) is 1. The van der Waals surface area contributed by atoms with Crippen molar-refractivity contribution in [3.8, 4) is 0 Å². The van der Waals surface area contributed by atoms with Crippen LogP contribution in [0.15, 0.2) is 0 Å². The fourth-order valence-electron chi connectivity index (χ4n) is 2.27. The van der Waals surface area contributed by atoms with Crippen LogP contribution in [-0.4, -0.2) is 44.2 Å². The number of ether oxygens (including phenoxy) is 1. The highest BCUT2D eigenvalue weighted by Crippen LogP contribution is 2.16. The van der Waals surface area contributed by atoms with Crippen LogP contribution in [0.1, 0.15) is 40.5 Å². The first-order chi connectivity index (χ1) is 8.90. The molecule has 1 amide bonds. The predicted octanol–water partition coefficient (Wildman–Crippen LogP) is 2.13. The summed E-state index contributed by atoms with van der Waals surface area (Å²) in [7, 11) is 1.67. The minimum atomic E-state index is 0.210. The summed E-state index contributed by atoms with van der Waals surface area (Å²) in [5, 5.41) is 0. The number of nitrogens with zero attached hydrogens (tertiary/aromatic N) is 1. The van der Waals surface area contributed by atoms with Crippen molar-refractivity contribution >= 4 is 5.91 Å². The first-order valence-electron chi connectivity index (χ1n) is 7.37. The third kappa shape index (κ3) is 9.00. The van der Waals surface area contributed by atoms with Crippen molar-refractivity contribution in [3.63, 3.8) is 0 Å². The minimum absolute atomic E-state index is 0.210. The molecule has 19 heavy (non-hydrogen) atoms. The van der Waals surface area contributed by atoms with Crippen molar-refractivity contribution in [1.82, 2.24) is 4.90 Å². The highest BCUT2D eigenvalue weighted by molar-refractivity contribution is 5.76. The Morgan fingerprint density at radius 2 is 1.84 bits per heavy atom. The Morgan fingerprint density at radius 3 is 2.26 bits per heavy atom. The maximum Gasteiger partial charge on any atom is 0.222 e. The van der Waals surface area contributed by atoms with Crippen LogP contribution in [0, 0.1) is 17.8 Å². The van der Waals surface area contributed by atoms with Crippen LogP contribution in [0.4, 0.5) is 0 Å². The first-order valence-corrected chi connectivity index (χ1v) is 7.37. The van der Waals surface area contributed by atoms with Crippen LogP contribution in [0.25, 0.3) is 0 Å². The summed E-state index contributed by atoms with van der Waals surface area (Å²) in [4.78, 5) is 14.3. The summed E-state index contributed by atoms with van der Waals surface area (Å²) in [6.07, 6.45) is 1.58. The average molecular weight is 272 g/mol. The number of methoxy groups -OCH3 is 1. The molecule has 1 atom stereocenters. The second-order valence-electron chi connectivity index (χ2n) is 6.16. The summed E-state index contributed by atoms with van der Waals surface area (Å²) in [5.41, 5.74) is 5.78. The molecular formula is C15H32N2O2. The Labute approximate surface area is 118 Å². The van der Waals surface area contributed by atoms with Crippen LogP contribution >= 0.6 is 0 Å². The van der Waals surface area contributed by atoms with Crippen molar-refractivity contribution < 1.29 is 9.53 Å². The third-order valence-electron chi connectivity index (χ3n) is 3.10. The van der Waals surface area contributed by atoms with Gasteiger partial charge in [-0.2, -0.15) is 0 Å². The van der Waals surface area contributed by atoms with Crippen LogP contribution < -0.4 is 5.73 Å². The lowest BCUT2D eigenvalue weighted by molar-refractivity contribution is -0.133. The zero-order chi connectivity index (χ0) is 14.8. The summed E-state index contributed by atoms with van der Waals surface area (Å²) in [6, 6.07) is 0. The van der Waals surface area contributed by atoms with Crippen molar-refractivity contribution in [2.24, 2.45) is 23.5 Å². The van der Waals surface area contributed by atoms with E-state index >= 15 is 0 Å². The van der Waals surface area contributed by atoms with E-state index < -0.39 is 0 Å². The van der Waals surface area contributed by atoms with Crippen LogP contribution in [0.2, 0.25) is 0 Å². The lowest BCUT2D eigenvalue weighted by Crippen LogP contribution is -2.38. The van der Waals surface area contributed by atoms with Gasteiger partial charge in [-0.05, 0) is 30.7 Å². The Bertz CT molecular complexity index is 242. The smallest absolute Gasteiger partial charge is 0.222 e. The third-order valence-corrected chi connectivity index (χ3v) is 3.10. The highest BCUT2D eigenvalue weighted by atomic mass is 16.5. The van der Waals surface area contributed by atoms with Gasteiger partial charge in [-0.1, -0.05) is 27.7 Å². The number of amides is 1. The van der Waals surface area contributed by atoms with Gasteiger partial charge >= 0.3 is 0 Å².